The predicted octanol–water partition coefficient (Wildman–Crippen LogP) is 2.03. The second-order valence-corrected chi connectivity index (χ2v) is 6.13. The van der Waals surface area contributed by atoms with Gasteiger partial charge in [-0.25, -0.2) is 0 Å². The number of carbonyl (C=O) groups is 1. The number of hydrogen-bond donors (Lipinski definition) is 2. The molecule has 26 heavy (non-hydrogen) atoms. The molecule has 134 valence electrons. The lowest BCUT2D eigenvalue weighted by Crippen LogP contribution is -2.36. The van der Waals surface area contributed by atoms with Crippen molar-refractivity contribution in [1.82, 2.24) is 9.55 Å². The van der Waals surface area contributed by atoms with Crippen LogP contribution in [0.15, 0.2) is 52.1 Å². The van der Waals surface area contributed by atoms with E-state index in [9.17, 15) is 14.4 Å². The lowest BCUT2D eigenvalue weighted by atomic mass is 10.1. The number of aromatic amines is 1. The van der Waals surface area contributed by atoms with Gasteiger partial charge >= 0.3 is 11.1 Å². The van der Waals surface area contributed by atoms with Crippen molar-refractivity contribution in [2.45, 2.75) is 13.5 Å². The molecule has 7 heteroatoms. The van der Waals surface area contributed by atoms with E-state index in [2.05, 4.69) is 10.3 Å². The number of nitrogens with one attached hydrogen (secondary N) is 2. The van der Waals surface area contributed by atoms with Crippen molar-refractivity contribution in [1.29, 1.82) is 0 Å². The summed E-state index contributed by atoms with van der Waals surface area (Å²) in [6.45, 7) is 2.17. The highest BCUT2D eigenvalue weighted by molar-refractivity contribution is 6.05. The number of aryl methyl sites for hydroxylation is 1. The van der Waals surface area contributed by atoms with Gasteiger partial charge in [0, 0.05) is 37.6 Å². The van der Waals surface area contributed by atoms with Crippen molar-refractivity contribution < 1.29 is 4.79 Å². The molecule has 0 spiro atoms. The van der Waals surface area contributed by atoms with E-state index in [0.29, 0.717) is 28.8 Å². The number of anilines is 2. The Hall–Kier alpha value is -3.35. The number of nitrogens with zero attached hydrogens (tertiary/aromatic N) is 2. The molecule has 0 bridgehead atoms. The maximum Gasteiger partial charge on any atom is 0.316 e. The van der Waals surface area contributed by atoms with Crippen LogP contribution in [0.1, 0.15) is 17.3 Å². The molecule has 0 aliphatic heterocycles. The Bertz CT molecular complexity index is 1080. The standard InChI is InChI=1S/C19H20N4O3/c1-4-23-16-10-5-12(11-15(16)21-18(25)19(23)26)17(24)20-13-6-8-14(9-7-13)22(2)3/h5-11H,4H2,1-3H3,(H,20,24)(H,21,25). The minimum Gasteiger partial charge on any atom is -0.378 e. The van der Waals surface area contributed by atoms with E-state index in [-0.39, 0.29) is 5.91 Å². The number of amides is 1. The Morgan fingerprint density at radius 2 is 1.81 bits per heavy atom. The van der Waals surface area contributed by atoms with Crippen LogP contribution in [0.4, 0.5) is 11.4 Å². The molecule has 0 aliphatic rings. The summed E-state index contributed by atoms with van der Waals surface area (Å²) in [6.07, 6.45) is 0. The van der Waals surface area contributed by atoms with Gasteiger partial charge in [-0.1, -0.05) is 0 Å². The average Bonchev–Trinajstić information content (AvgIpc) is 2.63. The average molecular weight is 352 g/mol. The van der Waals surface area contributed by atoms with Crippen LogP contribution in [0.25, 0.3) is 11.0 Å². The zero-order valence-corrected chi connectivity index (χ0v) is 14.9. The van der Waals surface area contributed by atoms with E-state index in [0.717, 1.165) is 5.69 Å². The smallest absolute Gasteiger partial charge is 0.316 e. The van der Waals surface area contributed by atoms with Gasteiger partial charge in [0.2, 0.25) is 0 Å². The van der Waals surface area contributed by atoms with Crippen LogP contribution in [0, 0.1) is 0 Å². The fourth-order valence-electron chi connectivity index (χ4n) is 2.78. The number of hydrogen-bond acceptors (Lipinski definition) is 4. The fraction of sp³-hybridized carbons (Fsp3) is 0.211. The van der Waals surface area contributed by atoms with Gasteiger partial charge in [-0.3, -0.25) is 14.4 Å². The minimum atomic E-state index is -0.698. The van der Waals surface area contributed by atoms with Gasteiger partial charge in [0.1, 0.15) is 0 Å². The predicted molar refractivity (Wildman–Crippen MR) is 103 cm³/mol. The van der Waals surface area contributed by atoms with Crippen LogP contribution in [0.2, 0.25) is 0 Å². The van der Waals surface area contributed by atoms with E-state index in [4.69, 9.17) is 0 Å². The summed E-state index contributed by atoms with van der Waals surface area (Å²) in [5, 5.41) is 2.83. The van der Waals surface area contributed by atoms with Gasteiger partial charge < -0.3 is 19.8 Å². The first-order valence-corrected chi connectivity index (χ1v) is 8.26. The number of fused-ring (bicyclic) bond motifs is 1. The summed E-state index contributed by atoms with van der Waals surface area (Å²) in [5.41, 5.74) is 1.84. The van der Waals surface area contributed by atoms with Crippen LogP contribution in [-0.2, 0) is 6.54 Å². The third kappa shape index (κ3) is 3.23. The number of aromatic nitrogens is 2. The molecule has 0 saturated heterocycles. The number of rotatable bonds is 4. The highest BCUT2D eigenvalue weighted by atomic mass is 16.2. The van der Waals surface area contributed by atoms with Crippen molar-refractivity contribution in [3.8, 4) is 0 Å². The third-order valence-electron chi connectivity index (χ3n) is 4.19. The van der Waals surface area contributed by atoms with E-state index in [1.165, 1.54) is 4.57 Å². The molecule has 1 amide bonds. The number of H-pyrrole nitrogens is 1. The quantitative estimate of drug-likeness (QED) is 0.704. The molecule has 0 fully saturated rings. The van der Waals surface area contributed by atoms with Crippen molar-refractivity contribution in [2.24, 2.45) is 0 Å². The second kappa shape index (κ2) is 6.87. The monoisotopic (exact) mass is 352 g/mol. The van der Waals surface area contributed by atoms with Crippen LogP contribution in [0.3, 0.4) is 0 Å². The lowest BCUT2D eigenvalue weighted by molar-refractivity contribution is 0.102. The van der Waals surface area contributed by atoms with Crippen LogP contribution < -0.4 is 21.3 Å². The Labute approximate surface area is 149 Å². The van der Waals surface area contributed by atoms with Crippen molar-refractivity contribution in [2.75, 3.05) is 24.3 Å². The SMILES string of the molecule is CCn1c(=O)c(=O)[nH]c2cc(C(=O)Nc3ccc(N(C)C)cc3)ccc21. The van der Waals surface area contributed by atoms with Crippen LogP contribution in [0.5, 0.6) is 0 Å². The van der Waals surface area contributed by atoms with E-state index >= 15 is 0 Å². The third-order valence-corrected chi connectivity index (χ3v) is 4.19. The molecular formula is C19H20N4O3. The van der Waals surface area contributed by atoms with Crippen LogP contribution in [-0.4, -0.2) is 29.6 Å². The molecule has 0 atom stereocenters. The molecule has 3 rings (SSSR count). The van der Waals surface area contributed by atoms with E-state index in [1.807, 2.05) is 43.3 Å². The highest BCUT2D eigenvalue weighted by Gasteiger charge is 2.11. The lowest BCUT2D eigenvalue weighted by Gasteiger charge is -2.13. The molecule has 2 aromatic carbocycles. The summed E-state index contributed by atoms with van der Waals surface area (Å²) in [4.78, 5) is 40.7. The molecule has 7 nitrogen and oxygen atoms in total. The maximum absolute atomic E-state index is 12.5. The van der Waals surface area contributed by atoms with Crippen LogP contribution >= 0.6 is 0 Å². The van der Waals surface area contributed by atoms with Gasteiger partial charge in [0.05, 0.1) is 11.0 Å². The summed E-state index contributed by atoms with van der Waals surface area (Å²) < 4.78 is 1.38. The molecule has 0 radical (unpaired) electrons. The van der Waals surface area contributed by atoms with Gasteiger partial charge in [-0.15, -0.1) is 0 Å². The summed E-state index contributed by atoms with van der Waals surface area (Å²) in [6, 6.07) is 12.3. The van der Waals surface area contributed by atoms with Crippen molar-refractivity contribution in [3.63, 3.8) is 0 Å². The number of carbonyl (C=O) groups excluding carboxylic acids is 1. The highest BCUT2D eigenvalue weighted by Crippen LogP contribution is 2.17. The van der Waals surface area contributed by atoms with Crippen molar-refractivity contribution >= 4 is 28.3 Å². The maximum atomic E-state index is 12.5. The normalized spacial score (nSPS) is 10.7. The Balaban J connectivity index is 1.92. The first kappa shape index (κ1) is 17.5. The zero-order valence-electron chi connectivity index (χ0n) is 14.9. The first-order chi connectivity index (χ1) is 12.4. The molecule has 0 saturated carbocycles. The fourth-order valence-corrected chi connectivity index (χ4v) is 2.78. The topological polar surface area (TPSA) is 87.2 Å². The minimum absolute atomic E-state index is 0.292. The zero-order chi connectivity index (χ0) is 18.8. The molecular weight excluding hydrogens is 332 g/mol. The largest absolute Gasteiger partial charge is 0.378 e. The molecule has 0 unspecified atom stereocenters. The molecule has 2 N–H and O–H groups in total. The van der Waals surface area contributed by atoms with Gasteiger partial charge in [0.15, 0.2) is 0 Å². The Morgan fingerprint density at radius 3 is 2.42 bits per heavy atom. The van der Waals surface area contributed by atoms with Crippen molar-refractivity contribution in [3.05, 3.63) is 68.7 Å². The van der Waals surface area contributed by atoms with Gasteiger partial charge in [0.25, 0.3) is 5.91 Å². The summed E-state index contributed by atoms with van der Waals surface area (Å²) in [5.74, 6) is -0.292. The van der Waals surface area contributed by atoms with Gasteiger partial charge in [-0.05, 0) is 49.4 Å². The first-order valence-electron chi connectivity index (χ1n) is 8.26. The van der Waals surface area contributed by atoms with Gasteiger partial charge in [-0.2, -0.15) is 0 Å². The summed E-state index contributed by atoms with van der Waals surface area (Å²) >= 11 is 0. The van der Waals surface area contributed by atoms with E-state index in [1.54, 1.807) is 25.1 Å². The number of benzene rings is 2. The Morgan fingerprint density at radius 1 is 1.12 bits per heavy atom. The molecule has 1 heterocycles. The molecule has 3 aromatic rings. The Kier molecular flexibility index (Phi) is 4.62. The summed E-state index contributed by atoms with van der Waals surface area (Å²) in [7, 11) is 3.89. The van der Waals surface area contributed by atoms with E-state index < -0.39 is 11.1 Å². The second-order valence-electron chi connectivity index (χ2n) is 6.13. The molecule has 1 aromatic heterocycles. The molecule has 0 aliphatic carbocycles.